The zero-order valence-corrected chi connectivity index (χ0v) is 9.44. The topological polar surface area (TPSA) is 72.2 Å². The lowest BCUT2D eigenvalue weighted by Crippen LogP contribution is -2.19. The van der Waals surface area contributed by atoms with Gasteiger partial charge in [0.05, 0.1) is 4.92 Å². The molecule has 1 aromatic rings. The summed E-state index contributed by atoms with van der Waals surface area (Å²) in [7, 11) is 1.43. The van der Waals surface area contributed by atoms with E-state index in [2.05, 4.69) is 5.32 Å². The maximum Gasteiger partial charge on any atom is 0.283 e. The van der Waals surface area contributed by atoms with Gasteiger partial charge in [0.1, 0.15) is 5.56 Å². The van der Waals surface area contributed by atoms with Gasteiger partial charge in [-0.2, -0.15) is 0 Å². The SMILES string of the molecule is CNC(=O)c1ccc(I)cc1[N+](=O)[O-]. The number of nitrogens with zero attached hydrogens (tertiary/aromatic N) is 1. The second-order valence-corrected chi connectivity index (χ2v) is 3.74. The van der Waals surface area contributed by atoms with Gasteiger partial charge in [-0.15, -0.1) is 0 Å². The van der Waals surface area contributed by atoms with Crippen LogP contribution in [0.1, 0.15) is 10.4 Å². The van der Waals surface area contributed by atoms with Gasteiger partial charge in [-0.3, -0.25) is 14.9 Å². The van der Waals surface area contributed by atoms with Gasteiger partial charge in [-0.05, 0) is 34.7 Å². The van der Waals surface area contributed by atoms with Crippen molar-refractivity contribution in [3.63, 3.8) is 0 Å². The highest BCUT2D eigenvalue weighted by Gasteiger charge is 2.18. The van der Waals surface area contributed by atoms with Gasteiger partial charge in [-0.1, -0.05) is 0 Å². The van der Waals surface area contributed by atoms with Crippen LogP contribution in [0.2, 0.25) is 0 Å². The molecule has 0 bridgehead atoms. The Labute approximate surface area is 93.8 Å². The number of nitro benzene ring substituents is 1. The molecule has 6 heteroatoms. The lowest BCUT2D eigenvalue weighted by molar-refractivity contribution is -0.385. The third kappa shape index (κ3) is 2.19. The number of hydrogen-bond donors (Lipinski definition) is 1. The number of carbonyl (C=O) groups is 1. The van der Waals surface area contributed by atoms with Crippen LogP contribution >= 0.6 is 22.6 Å². The minimum absolute atomic E-state index is 0.0814. The Balaban J connectivity index is 3.28. The molecule has 0 unspecified atom stereocenters. The van der Waals surface area contributed by atoms with Crippen molar-refractivity contribution < 1.29 is 9.72 Å². The molecule has 0 aliphatic rings. The minimum Gasteiger partial charge on any atom is -0.355 e. The number of rotatable bonds is 2. The summed E-state index contributed by atoms with van der Waals surface area (Å²) in [4.78, 5) is 21.3. The summed E-state index contributed by atoms with van der Waals surface area (Å²) in [5.74, 6) is -0.451. The Morgan fingerprint density at radius 2 is 2.21 bits per heavy atom. The quantitative estimate of drug-likeness (QED) is 0.512. The molecule has 0 atom stereocenters. The van der Waals surface area contributed by atoms with Crippen LogP contribution in [0.3, 0.4) is 0 Å². The van der Waals surface area contributed by atoms with Crippen LogP contribution in [0, 0.1) is 13.7 Å². The summed E-state index contributed by atoms with van der Waals surface area (Å²) in [6.07, 6.45) is 0. The van der Waals surface area contributed by atoms with E-state index in [4.69, 9.17) is 0 Å². The number of nitro groups is 1. The molecular weight excluding hydrogens is 299 g/mol. The molecule has 0 saturated carbocycles. The van der Waals surface area contributed by atoms with Crippen molar-refractivity contribution in [3.8, 4) is 0 Å². The number of hydrogen-bond acceptors (Lipinski definition) is 3. The van der Waals surface area contributed by atoms with E-state index in [1.54, 1.807) is 6.07 Å². The zero-order chi connectivity index (χ0) is 10.7. The molecule has 5 nitrogen and oxygen atoms in total. The first-order valence-electron chi connectivity index (χ1n) is 3.72. The maximum absolute atomic E-state index is 11.2. The van der Waals surface area contributed by atoms with Gasteiger partial charge in [-0.25, -0.2) is 0 Å². The first-order valence-corrected chi connectivity index (χ1v) is 4.80. The number of carbonyl (C=O) groups excluding carboxylic acids is 1. The minimum atomic E-state index is -0.563. The number of nitrogens with one attached hydrogen (secondary N) is 1. The number of benzene rings is 1. The lowest BCUT2D eigenvalue weighted by atomic mass is 10.2. The molecule has 0 aliphatic carbocycles. The van der Waals surface area contributed by atoms with Crippen LogP contribution in [0.15, 0.2) is 18.2 Å². The average Bonchev–Trinajstić information content (AvgIpc) is 2.16. The maximum atomic E-state index is 11.2. The highest BCUT2D eigenvalue weighted by molar-refractivity contribution is 14.1. The molecule has 0 fully saturated rings. The largest absolute Gasteiger partial charge is 0.355 e. The summed E-state index contributed by atoms with van der Waals surface area (Å²) < 4.78 is 0.724. The van der Waals surface area contributed by atoms with Crippen LogP contribution in [0.4, 0.5) is 5.69 Å². The summed E-state index contributed by atoms with van der Waals surface area (Å²) in [6.45, 7) is 0. The Hall–Kier alpha value is -1.18. The second-order valence-electron chi connectivity index (χ2n) is 2.50. The molecule has 0 aromatic heterocycles. The first-order chi connectivity index (χ1) is 6.56. The molecule has 0 saturated heterocycles. The van der Waals surface area contributed by atoms with Crippen LogP contribution in [-0.4, -0.2) is 17.9 Å². The van der Waals surface area contributed by atoms with E-state index in [0.29, 0.717) is 0 Å². The van der Waals surface area contributed by atoms with E-state index in [0.717, 1.165) is 3.57 Å². The first kappa shape index (κ1) is 10.9. The number of amides is 1. The third-order valence-corrected chi connectivity index (χ3v) is 2.30. The van der Waals surface area contributed by atoms with Crippen molar-refractivity contribution in [3.05, 3.63) is 37.4 Å². The van der Waals surface area contributed by atoms with E-state index in [1.165, 1.54) is 19.2 Å². The van der Waals surface area contributed by atoms with Crippen LogP contribution < -0.4 is 5.32 Å². The van der Waals surface area contributed by atoms with Gasteiger partial charge < -0.3 is 5.32 Å². The lowest BCUT2D eigenvalue weighted by Gasteiger charge is -2.01. The summed E-state index contributed by atoms with van der Waals surface area (Å²) >= 11 is 1.95. The van der Waals surface area contributed by atoms with Gasteiger partial charge in [0.15, 0.2) is 0 Å². The molecule has 1 aromatic carbocycles. The van der Waals surface area contributed by atoms with Gasteiger partial charge in [0.25, 0.3) is 11.6 Å². The van der Waals surface area contributed by atoms with E-state index >= 15 is 0 Å². The van der Waals surface area contributed by atoms with Crippen molar-refractivity contribution in [1.82, 2.24) is 5.32 Å². The molecule has 14 heavy (non-hydrogen) atoms. The second kappa shape index (κ2) is 4.36. The molecule has 0 radical (unpaired) electrons. The van der Waals surface area contributed by atoms with E-state index < -0.39 is 10.8 Å². The van der Waals surface area contributed by atoms with Gasteiger partial charge >= 0.3 is 0 Å². The Bertz CT molecular complexity index is 392. The van der Waals surface area contributed by atoms with Crippen molar-refractivity contribution in [2.75, 3.05) is 7.05 Å². The van der Waals surface area contributed by atoms with Crippen molar-refractivity contribution in [2.24, 2.45) is 0 Å². The predicted molar refractivity (Wildman–Crippen MR) is 59.2 cm³/mol. The van der Waals surface area contributed by atoms with Crippen LogP contribution in [-0.2, 0) is 0 Å². The van der Waals surface area contributed by atoms with E-state index in [-0.39, 0.29) is 11.3 Å². The standard InChI is InChI=1S/C8H7IN2O3/c1-10-8(12)6-3-2-5(9)4-7(6)11(13)14/h2-4H,1H3,(H,10,12). The van der Waals surface area contributed by atoms with Crippen molar-refractivity contribution in [2.45, 2.75) is 0 Å². The fraction of sp³-hybridized carbons (Fsp3) is 0.125. The van der Waals surface area contributed by atoms with Crippen molar-refractivity contribution >= 4 is 34.2 Å². The summed E-state index contributed by atoms with van der Waals surface area (Å²) in [5.41, 5.74) is -0.0887. The third-order valence-electron chi connectivity index (χ3n) is 1.63. The Kier molecular flexibility index (Phi) is 3.39. The smallest absolute Gasteiger partial charge is 0.283 e. The normalized spacial score (nSPS) is 9.57. The summed E-state index contributed by atoms with van der Waals surface area (Å²) in [6, 6.07) is 4.46. The van der Waals surface area contributed by atoms with E-state index in [9.17, 15) is 14.9 Å². The fourth-order valence-electron chi connectivity index (χ4n) is 0.983. The molecule has 1 N–H and O–H groups in total. The number of halogens is 1. The average molecular weight is 306 g/mol. The molecule has 1 rings (SSSR count). The Morgan fingerprint density at radius 3 is 2.71 bits per heavy atom. The fourth-order valence-corrected chi connectivity index (χ4v) is 1.46. The molecule has 1 amide bonds. The predicted octanol–water partition coefficient (Wildman–Crippen LogP) is 1.56. The molecule has 0 heterocycles. The highest BCUT2D eigenvalue weighted by Crippen LogP contribution is 2.21. The highest BCUT2D eigenvalue weighted by atomic mass is 127. The van der Waals surface area contributed by atoms with Gasteiger partial charge in [0, 0.05) is 16.7 Å². The van der Waals surface area contributed by atoms with Gasteiger partial charge in [0.2, 0.25) is 0 Å². The molecule has 0 aliphatic heterocycles. The monoisotopic (exact) mass is 306 g/mol. The molecule has 74 valence electrons. The molecule has 0 spiro atoms. The summed E-state index contributed by atoms with van der Waals surface area (Å²) in [5, 5.41) is 13.0. The zero-order valence-electron chi connectivity index (χ0n) is 7.28. The van der Waals surface area contributed by atoms with E-state index in [1.807, 2.05) is 22.6 Å². The Morgan fingerprint density at radius 1 is 1.57 bits per heavy atom. The van der Waals surface area contributed by atoms with Crippen LogP contribution in [0.5, 0.6) is 0 Å². The van der Waals surface area contributed by atoms with Crippen molar-refractivity contribution in [1.29, 1.82) is 0 Å². The van der Waals surface area contributed by atoms with Crippen LogP contribution in [0.25, 0.3) is 0 Å². The molecular formula is C8H7IN2O3.